The van der Waals surface area contributed by atoms with E-state index < -0.39 is 0 Å². The Morgan fingerprint density at radius 1 is 1.11 bits per heavy atom. The number of benzene rings is 1. The summed E-state index contributed by atoms with van der Waals surface area (Å²) in [5, 5.41) is 4.49. The van der Waals surface area contributed by atoms with E-state index >= 15 is 0 Å². The van der Waals surface area contributed by atoms with Crippen molar-refractivity contribution >= 4 is 11.0 Å². The summed E-state index contributed by atoms with van der Waals surface area (Å²) in [6.07, 6.45) is 5.31. The van der Waals surface area contributed by atoms with Crippen molar-refractivity contribution in [2.45, 2.75) is 20.0 Å². The first kappa shape index (κ1) is 11.9. The molecule has 0 fully saturated rings. The Balaban J connectivity index is 1.61. The van der Waals surface area contributed by atoms with Gasteiger partial charge in [-0.1, -0.05) is 6.07 Å². The minimum Gasteiger partial charge on any atom is -0.464 e. The first-order valence-electron chi connectivity index (χ1n) is 6.26. The first-order chi connectivity index (χ1) is 9.31. The molecule has 4 heteroatoms. The molecule has 4 nitrogen and oxygen atoms in total. The fourth-order valence-corrected chi connectivity index (χ4v) is 1.97. The van der Waals surface area contributed by atoms with Crippen LogP contribution in [0.2, 0.25) is 0 Å². The summed E-state index contributed by atoms with van der Waals surface area (Å²) < 4.78 is 5.32. The van der Waals surface area contributed by atoms with E-state index in [1.54, 1.807) is 12.5 Å². The van der Waals surface area contributed by atoms with Gasteiger partial charge in [0.25, 0.3) is 0 Å². The number of hydrogen-bond donors (Lipinski definition) is 1. The topological polar surface area (TPSA) is 51.0 Å². The predicted molar refractivity (Wildman–Crippen MR) is 73.5 cm³/mol. The lowest BCUT2D eigenvalue weighted by Crippen LogP contribution is -2.13. The third-order valence-corrected chi connectivity index (χ3v) is 2.99. The van der Waals surface area contributed by atoms with Gasteiger partial charge in [-0.3, -0.25) is 9.97 Å². The number of nitrogens with one attached hydrogen (secondary N) is 1. The Labute approximate surface area is 111 Å². The van der Waals surface area contributed by atoms with Gasteiger partial charge in [-0.15, -0.1) is 0 Å². The standard InChI is InChI=1S/C15H15N3O/c1-11-7-18-14(10-17-11)9-16-8-12-2-3-15-13(6-12)4-5-19-15/h2-7,10,16H,8-9H2,1H3. The van der Waals surface area contributed by atoms with Gasteiger partial charge in [0.2, 0.25) is 0 Å². The average molecular weight is 253 g/mol. The van der Waals surface area contributed by atoms with Crippen molar-refractivity contribution in [3.05, 3.63) is 59.9 Å². The molecule has 96 valence electrons. The molecule has 3 aromatic rings. The Kier molecular flexibility index (Phi) is 3.25. The number of furan rings is 1. The van der Waals surface area contributed by atoms with Crippen LogP contribution in [-0.2, 0) is 13.1 Å². The van der Waals surface area contributed by atoms with Crippen molar-refractivity contribution < 1.29 is 4.42 Å². The molecule has 0 saturated heterocycles. The van der Waals surface area contributed by atoms with Gasteiger partial charge in [0.1, 0.15) is 5.58 Å². The lowest BCUT2D eigenvalue weighted by Gasteiger charge is -2.04. The molecule has 1 aromatic carbocycles. The normalized spacial score (nSPS) is 11.0. The molecule has 0 unspecified atom stereocenters. The lowest BCUT2D eigenvalue weighted by molar-refractivity contribution is 0.615. The third kappa shape index (κ3) is 2.80. The van der Waals surface area contributed by atoms with E-state index in [0.29, 0.717) is 0 Å². The second-order valence-corrected chi connectivity index (χ2v) is 4.55. The van der Waals surface area contributed by atoms with Crippen LogP contribution in [0.5, 0.6) is 0 Å². The molecule has 0 aliphatic carbocycles. The van der Waals surface area contributed by atoms with Gasteiger partial charge < -0.3 is 9.73 Å². The molecule has 2 aromatic heterocycles. The fraction of sp³-hybridized carbons (Fsp3) is 0.200. The van der Waals surface area contributed by atoms with Crippen LogP contribution in [0.4, 0.5) is 0 Å². The minimum atomic E-state index is 0.719. The summed E-state index contributed by atoms with van der Waals surface area (Å²) in [5.74, 6) is 0. The molecule has 0 spiro atoms. The van der Waals surface area contributed by atoms with Gasteiger partial charge in [-0.05, 0) is 30.7 Å². The molecule has 19 heavy (non-hydrogen) atoms. The minimum absolute atomic E-state index is 0.719. The maximum atomic E-state index is 5.32. The molecule has 2 heterocycles. The molecule has 0 bridgehead atoms. The summed E-state index contributed by atoms with van der Waals surface area (Å²) in [6.45, 7) is 3.46. The van der Waals surface area contributed by atoms with Gasteiger partial charge >= 0.3 is 0 Å². The van der Waals surface area contributed by atoms with E-state index in [2.05, 4.69) is 27.4 Å². The lowest BCUT2D eigenvalue weighted by atomic mass is 10.1. The van der Waals surface area contributed by atoms with Crippen LogP contribution in [-0.4, -0.2) is 9.97 Å². The largest absolute Gasteiger partial charge is 0.464 e. The van der Waals surface area contributed by atoms with Crippen LogP contribution in [0.3, 0.4) is 0 Å². The summed E-state index contributed by atoms with van der Waals surface area (Å²) in [7, 11) is 0. The summed E-state index contributed by atoms with van der Waals surface area (Å²) in [5.41, 5.74) is 4.05. The van der Waals surface area contributed by atoms with Gasteiger partial charge in [0.15, 0.2) is 0 Å². The maximum Gasteiger partial charge on any atom is 0.133 e. The second kappa shape index (κ2) is 5.20. The molecule has 0 aliphatic heterocycles. The van der Waals surface area contributed by atoms with Crippen molar-refractivity contribution in [3.63, 3.8) is 0 Å². The molecule has 0 amide bonds. The van der Waals surface area contributed by atoms with Crippen molar-refractivity contribution in [2.75, 3.05) is 0 Å². The third-order valence-electron chi connectivity index (χ3n) is 2.99. The monoisotopic (exact) mass is 253 g/mol. The SMILES string of the molecule is Cc1cnc(CNCc2ccc3occc3c2)cn1. The molecule has 0 saturated carbocycles. The maximum absolute atomic E-state index is 5.32. The molecular weight excluding hydrogens is 238 g/mol. The average Bonchev–Trinajstić information content (AvgIpc) is 2.88. The zero-order valence-corrected chi connectivity index (χ0v) is 10.8. The quantitative estimate of drug-likeness (QED) is 0.776. The van der Waals surface area contributed by atoms with Gasteiger partial charge in [-0.2, -0.15) is 0 Å². The zero-order valence-electron chi connectivity index (χ0n) is 10.8. The van der Waals surface area contributed by atoms with E-state index in [0.717, 1.165) is 35.4 Å². The number of fused-ring (bicyclic) bond motifs is 1. The molecule has 1 N–H and O–H groups in total. The van der Waals surface area contributed by atoms with Crippen molar-refractivity contribution in [2.24, 2.45) is 0 Å². The second-order valence-electron chi connectivity index (χ2n) is 4.55. The summed E-state index contributed by atoms with van der Waals surface area (Å²) in [4.78, 5) is 8.53. The first-order valence-corrected chi connectivity index (χ1v) is 6.26. The van der Waals surface area contributed by atoms with Crippen molar-refractivity contribution in [3.8, 4) is 0 Å². The molecular formula is C15H15N3O. The van der Waals surface area contributed by atoms with Crippen LogP contribution < -0.4 is 5.32 Å². The number of nitrogens with zero attached hydrogens (tertiary/aromatic N) is 2. The van der Waals surface area contributed by atoms with Crippen LogP contribution in [0.1, 0.15) is 17.0 Å². The Morgan fingerprint density at radius 2 is 2.05 bits per heavy atom. The fourth-order valence-electron chi connectivity index (χ4n) is 1.97. The molecule has 0 radical (unpaired) electrons. The van der Waals surface area contributed by atoms with Crippen LogP contribution >= 0.6 is 0 Å². The highest BCUT2D eigenvalue weighted by Gasteiger charge is 1.99. The predicted octanol–water partition coefficient (Wildman–Crippen LogP) is 2.82. The Bertz CT molecular complexity index is 673. The highest BCUT2D eigenvalue weighted by atomic mass is 16.3. The van der Waals surface area contributed by atoms with Crippen LogP contribution in [0, 0.1) is 6.92 Å². The van der Waals surface area contributed by atoms with Crippen molar-refractivity contribution in [1.82, 2.24) is 15.3 Å². The van der Waals surface area contributed by atoms with E-state index in [-0.39, 0.29) is 0 Å². The van der Waals surface area contributed by atoms with E-state index in [1.807, 2.05) is 25.3 Å². The van der Waals surface area contributed by atoms with Gasteiger partial charge in [0, 0.05) is 30.9 Å². The number of aryl methyl sites for hydroxylation is 1. The zero-order chi connectivity index (χ0) is 13.1. The number of rotatable bonds is 4. The van der Waals surface area contributed by atoms with Gasteiger partial charge in [-0.25, -0.2) is 0 Å². The molecule has 0 aliphatic rings. The van der Waals surface area contributed by atoms with E-state index in [9.17, 15) is 0 Å². The molecule has 0 atom stereocenters. The number of hydrogen-bond acceptors (Lipinski definition) is 4. The van der Waals surface area contributed by atoms with Gasteiger partial charge in [0.05, 0.1) is 17.7 Å². The van der Waals surface area contributed by atoms with Crippen LogP contribution in [0.15, 0.2) is 47.3 Å². The van der Waals surface area contributed by atoms with Crippen LogP contribution in [0.25, 0.3) is 11.0 Å². The van der Waals surface area contributed by atoms with E-state index in [4.69, 9.17) is 4.42 Å². The Hall–Kier alpha value is -2.20. The smallest absolute Gasteiger partial charge is 0.133 e. The Morgan fingerprint density at radius 3 is 2.89 bits per heavy atom. The highest BCUT2D eigenvalue weighted by Crippen LogP contribution is 2.16. The van der Waals surface area contributed by atoms with Crippen molar-refractivity contribution in [1.29, 1.82) is 0 Å². The summed E-state index contributed by atoms with van der Waals surface area (Å²) in [6, 6.07) is 8.18. The molecule has 3 rings (SSSR count). The highest BCUT2D eigenvalue weighted by molar-refractivity contribution is 5.77. The summed E-state index contributed by atoms with van der Waals surface area (Å²) >= 11 is 0. The van der Waals surface area contributed by atoms with E-state index in [1.165, 1.54) is 5.56 Å². The number of aromatic nitrogens is 2.